The Morgan fingerprint density at radius 3 is 1.81 bits per heavy atom. The van der Waals surface area contributed by atoms with Gasteiger partial charge in [-0.05, 0) is 11.1 Å². The molecule has 1 amide bonds. The molecule has 3 rings (SSSR count). The fourth-order valence-corrected chi connectivity index (χ4v) is 4.40. The van der Waals surface area contributed by atoms with Crippen LogP contribution in [0.3, 0.4) is 0 Å². The predicted octanol–water partition coefficient (Wildman–Crippen LogP) is 3.69. The number of hydrogen-bond acceptors (Lipinski definition) is 1. The lowest BCUT2D eigenvalue weighted by Gasteiger charge is -2.39. The Kier molecular flexibility index (Phi) is 5.47. The van der Waals surface area contributed by atoms with Crippen molar-refractivity contribution in [1.82, 2.24) is 4.90 Å². The van der Waals surface area contributed by atoms with Crippen LogP contribution in [-0.4, -0.2) is 56.1 Å². The number of benzene rings is 2. The second-order valence-electron chi connectivity index (χ2n) is 8.08. The molecule has 0 unspecified atom stereocenters. The summed E-state index contributed by atoms with van der Waals surface area (Å²) < 4.78 is 1.07. The number of likely N-dealkylation sites (N-methyl/N-ethyl adjacent to an activating group) is 1. The minimum atomic E-state index is -0.629. The molecule has 2 aromatic carbocycles. The molecule has 3 heteroatoms. The first-order valence-corrected chi connectivity index (χ1v) is 9.64. The van der Waals surface area contributed by atoms with E-state index in [0.29, 0.717) is 0 Å². The Hall–Kier alpha value is -2.13. The molecule has 1 heterocycles. The van der Waals surface area contributed by atoms with Crippen LogP contribution < -0.4 is 0 Å². The molecule has 1 aliphatic rings. The van der Waals surface area contributed by atoms with E-state index in [-0.39, 0.29) is 5.91 Å². The zero-order valence-corrected chi connectivity index (χ0v) is 16.3. The zero-order chi connectivity index (χ0) is 18.6. The van der Waals surface area contributed by atoms with Crippen LogP contribution in [0.5, 0.6) is 0 Å². The van der Waals surface area contributed by atoms with Crippen LogP contribution in [0.2, 0.25) is 0 Å². The van der Waals surface area contributed by atoms with Gasteiger partial charge in [-0.1, -0.05) is 60.7 Å². The van der Waals surface area contributed by atoms with Crippen LogP contribution in [0.4, 0.5) is 0 Å². The summed E-state index contributed by atoms with van der Waals surface area (Å²) in [6, 6.07) is 20.7. The van der Waals surface area contributed by atoms with Gasteiger partial charge in [0.1, 0.15) is 5.41 Å². The van der Waals surface area contributed by atoms with Gasteiger partial charge in [0.2, 0.25) is 5.91 Å². The number of rotatable bonds is 6. The van der Waals surface area contributed by atoms with Gasteiger partial charge in [0.05, 0.1) is 26.7 Å². The molecule has 138 valence electrons. The third kappa shape index (κ3) is 3.54. The van der Waals surface area contributed by atoms with E-state index >= 15 is 0 Å². The van der Waals surface area contributed by atoms with Gasteiger partial charge in [0.15, 0.2) is 0 Å². The number of quaternary nitrogens is 1. The first kappa shape index (κ1) is 18.7. The summed E-state index contributed by atoms with van der Waals surface area (Å²) in [5, 5.41) is 0. The standard InChI is InChI=1S/C23H31N2O/c1-24(2)22(26)23(20-12-6-4-7-13-20,21-14-8-5-9-15-21)16-19-25(3)17-10-11-18-25/h4-9,12-15H,10-11,16-19H2,1-3H3/q+1. The molecule has 1 saturated heterocycles. The Morgan fingerprint density at radius 1 is 0.923 bits per heavy atom. The van der Waals surface area contributed by atoms with Crippen LogP contribution in [0.1, 0.15) is 30.4 Å². The summed E-state index contributed by atoms with van der Waals surface area (Å²) in [5.41, 5.74) is 1.56. The van der Waals surface area contributed by atoms with E-state index in [0.717, 1.165) is 28.6 Å². The first-order chi connectivity index (χ1) is 12.5. The Labute approximate surface area is 157 Å². The quantitative estimate of drug-likeness (QED) is 0.727. The predicted molar refractivity (Wildman–Crippen MR) is 107 cm³/mol. The van der Waals surface area contributed by atoms with E-state index in [9.17, 15) is 4.79 Å². The van der Waals surface area contributed by atoms with E-state index in [1.165, 1.54) is 25.9 Å². The highest BCUT2D eigenvalue weighted by Gasteiger charge is 2.45. The molecule has 1 aliphatic heterocycles. The topological polar surface area (TPSA) is 20.3 Å². The number of hydrogen-bond donors (Lipinski definition) is 0. The van der Waals surface area contributed by atoms with Crippen LogP contribution in [-0.2, 0) is 10.2 Å². The van der Waals surface area contributed by atoms with Crippen LogP contribution in [0, 0.1) is 0 Å². The highest BCUT2D eigenvalue weighted by atomic mass is 16.2. The molecular formula is C23H31N2O+. The summed E-state index contributed by atoms with van der Waals surface area (Å²) in [7, 11) is 6.08. The third-order valence-corrected chi connectivity index (χ3v) is 5.98. The monoisotopic (exact) mass is 351 g/mol. The maximum Gasteiger partial charge on any atom is 0.237 e. The van der Waals surface area contributed by atoms with Gasteiger partial charge in [-0.15, -0.1) is 0 Å². The maximum absolute atomic E-state index is 13.6. The lowest BCUT2D eigenvalue weighted by atomic mass is 9.70. The smallest absolute Gasteiger partial charge is 0.237 e. The molecule has 0 spiro atoms. The average molecular weight is 352 g/mol. The van der Waals surface area contributed by atoms with E-state index in [4.69, 9.17) is 0 Å². The lowest BCUT2D eigenvalue weighted by molar-refractivity contribution is -0.898. The molecule has 0 aromatic heterocycles. The van der Waals surface area contributed by atoms with Crippen molar-refractivity contribution in [3.63, 3.8) is 0 Å². The van der Waals surface area contributed by atoms with Crippen LogP contribution in [0.15, 0.2) is 60.7 Å². The van der Waals surface area contributed by atoms with Crippen LogP contribution in [0.25, 0.3) is 0 Å². The second-order valence-corrected chi connectivity index (χ2v) is 8.08. The van der Waals surface area contributed by atoms with Gasteiger partial charge in [-0.3, -0.25) is 4.79 Å². The molecule has 0 N–H and O–H groups in total. The normalized spacial score (nSPS) is 16.4. The van der Waals surface area contributed by atoms with Crippen molar-refractivity contribution in [2.24, 2.45) is 0 Å². The summed E-state index contributed by atoms with van der Waals surface area (Å²) in [4.78, 5) is 15.3. The molecule has 0 atom stereocenters. The van der Waals surface area contributed by atoms with E-state index in [2.05, 4.69) is 31.3 Å². The molecule has 0 bridgehead atoms. The van der Waals surface area contributed by atoms with Crippen molar-refractivity contribution in [1.29, 1.82) is 0 Å². The lowest BCUT2D eigenvalue weighted by Crippen LogP contribution is -2.50. The largest absolute Gasteiger partial charge is 0.348 e. The number of nitrogens with zero attached hydrogens (tertiary/aromatic N) is 2. The Bertz CT molecular complexity index is 679. The summed E-state index contributed by atoms with van der Waals surface area (Å²) in [6.07, 6.45) is 3.41. The van der Waals surface area contributed by atoms with Crippen molar-refractivity contribution in [3.8, 4) is 0 Å². The minimum absolute atomic E-state index is 0.167. The first-order valence-electron chi connectivity index (χ1n) is 9.64. The van der Waals surface area contributed by atoms with E-state index in [1.807, 2.05) is 50.5 Å². The molecule has 0 saturated carbocycles. The SMILES string of the molecule is CN(C)C(=O)C(CC[N+]1(C)CCCC1)(c1ccccc1)c1ccccc1. The molecule has 3 nitrogen and oxygen atoms in total. The highest BCUT2D eigenvalue weighted by molar-refractivity contribution is 5.91. The molecule has 0 radical (unpaired) electrons. The summed E-state index contributed by atoms with van der Waals surface area (Å²) >= 11 is 0. The van der Waals surface area contributed by atoms with Crippen molar-refractivity contribution in [2.75, 3.05) is 40.8 Å². The fraction of sp³-hybridized carbons (Fsp3) is 0.435. The van der Waals surface area contributed by atoms with Crippen molar-refractivity contribution >= 4 is 5.91 Å². The van der Waals surface area contributed by atoms with Gasteiger partial charge in [0.25, 0.3) is 0 Å². The molecular weight excluding hydrogens is 320 g/mol. The second kappa shape index (κ2) is 7.63. The minimum Gasteiger partial charge on any atom is -0.348 e. The number of carbonyl (C=O) groups excluding carboxylic acids is 1. The van der Waals surface area contributed by atoms with Gasteiger partial charge in [-0.2, -0.15) is 0 Å². The summed E-state index contributed by atoms with van der Waals surface area (Å²) in [6.45, 7) is 3.45. The van der Waals surface area contributed by atoms with E-state index < -0.39 is 5.41 Å². The van der Waals surface area contributed by atoms with Gasteiger partial charge >= 0.3 is 0 Å². The number of carbonyl (C=O) groups is 1. The van der Waals surface area contributed by atoms with Crippen molar-refractivity contribution in [3.05, 3.63) is 71.8 Å². The highest BCUT2D eigenvalue weighted by Crippen LogP contribution is 2.38. The maximum atomic E-state index is 13.6. The van der Waals surface area contributed by atoms with Gasteiger partial charge < -0.3 is 9.38 Å². The van der Waals surface area contributed by atoms with E-state index in [1.54, 1.807) is 4.90 Å². The van der Waals surface area contributed by atoms with Gasteiger partial charge in [0, 0.05) is 33.4 Å². The van der Waals surface area contributed by atoms with Crippen LogP contribution >= 0.6 is 0 Å². The van der Waals surface area contributed by atoms with Gasteiger partial charge in [-0.25, -0.2) is 0 Å². The molecule has 2 aromatic rings. The average Bonchev–Trinajstić information content (AvgIpc) is 3.10. The summed E-state index contributed by atoms with van der Waals surface area (Å²) in [5.74, 6) is 0.167. The van der Waals surface area contributed by atoms with Crippen molar-refractivity contribution in [2.45, 2.75) is 24.7 Å². The third-order valence-electron chi connectivity index (χ3n) is 5.98. The molecule has 1 fully saturated rings. The Balaban J connectivity index is 2.10. The van der Waals surface area contributed by atoms with Crippen molar-refractivity contribution < 1.29 is 9.28 Å². The molecule has 0 aliphatic carbocycles. The molecule has 26 heavy (non-hydrogen) atoms. The number of amides is 1. The Morgan fingerprint density at radius 2 is 1.38 bits per heavy atom. The number of likely N-dealkylation sites (tertiary alicyclic amines) is 1. The zero-order valence-electron chi connectivity index (χ0n) is 16.3. The fourth-order valence-electron chi connectivity index (χ4n) is 4.40.